The van der Waals surface area contributed by atoms with Gasteiger partial charge in [-0.25, -0.2) is 29.8 Å². The number of carbonyl (C=O) groups excluding carboxylic acids is 2. The predicted molar refractivity (Wildman–Crippen MR) is 271 cm³/mol. The van der Waals surface area contributed by atoms with Crippen molar-refractivity contribution in [2.24, 2.45) is 5.92 Å². The van der Waals surface area contributed by atoms with Gasteiger partial charge in [0.2, 0.25) is 0 Å². The number of cyclic esters (lactones) is 2. The molecule has 2 atom stereocenters. The van der Waals surface area contributed by atoms with Crippen LogP contribution in [0.25, 0.3) is 37.9 Å². The normalized spacial score (nSPS) is 19.4. The number of ether oxygens (including phenoxy) is 4. The number of hydrogen-bond acceptors (Lipinski definition) is 9. The van der Waals surface area contributed by atoms with Crippen LogP contribution in [-0.2, 0) is 37.6 Å². The van der Waals surface area contributed by atoms with Crippen LogP contribution in [-0.4, -0.2) is 36.3 Å². The van der Waals surface area contributed by atoms with Crippen molar-refractivity contribution in [1.29, 1.82) is 10.5 Å². The van der Waals surface area contributed by atoms with Crippen LogP contribution in [0.4, 0.5) is 5.69 Å². The number of allylic oxidation sites excluding steroid dienone is 6. The van der Waals surface area contributed by atoms with Gasteiger partial charge in [-0.05, 0) is 136 Å². The van der Waals surface area contributed by atoms with Crippen LogP contribution in [0.1, 0.15) is 58.4 Å². The fourth-order valence-electron chi connectivity index (χ4n) is 10.0. The molecule has 14 heteroatoms. The number of aromatic nitrogens is 1. The fourth-order valence-corrected chi connectivity index (χ4v) is 10.0. The van der Waals surface area contributed by atoms with E-state index in [1.54, 1.807) is 14.2 Å². The van der Waals surface area contributed by atoms with E-state index in [0.717, 1.165) is 78.9 Å². The molecule has 3 aliphatic heterocycles. The Kier molecular flexibility index (Phi) is 16.7. The van der Waals surface area contributed by atoms with Crippen molar-refractivity contribution in [3.05, 3.63) is 223 Å². The molecule has 12 nitrogen and oxygen atoms in total. The summed E-state index contributed by atoms with van der Waals surface area (Å²) in [4.78, 5) is 34.8. The Bertz CT molecular complexity index is 3440. The summed E-state index contributed by atoms with van der Waals surface area (Å²) in [6, 6.07) is 41.7. The van der Waals surface area contributed by atoms with Crippen LogP contribution in [0, 0.1) is 79.8 Å². The molecule has 1 aliphatic carbocycles. The van der Waals surface area contributed by atoms with Crippen molar-refractivity contribution < 1.29 is 78.2 Å². The van der Waals surface area contributed by atoms with E-state index in [9.17, 15) is 20.1 Å². The van der Waals surface area contributed by atoms with Crippen molar-refractivity contribution in [1.82, 2.24) is 4.57 Å². The molecular formula is C59H48N6O6UV. The molecule has 0 saturated carbocycles. The third-order valence-corrected chi connectivity index (χ3v) is 13.6. The number of rotatable bonds is 7. The molecule has 4 aliphatic rings. The quantitative estimate of drug-likeness (QED) is 0.0675. The second-order valence-corrected chi connectivity index (χ2v) is 17.5. The van der Waals surface area contributed by atoms with E-state index >= 15 is 0 Å². The van der Waals surface area contributed by atoms with Crippen LogP contribution in [0.3, 0.4) is 0 Å². The van der Waals surface area contributed by atoms with Crippen LogP contribution in [0.5, 0.6) is 11.5 Å². The molecule has 9 rings (SSSR count). The molecule has 4 aromatic carbocycles. The summed E-state index contributed by atoms with van der Waals surface area (Å²) in [6.45, 7) is 28.5. The summed E-state index contributed by atoms with van der Waals surface area (Å²) < 4.78 is 23.9. The van der Waals surface area contributed by atoms with Gasteiger partial charge in [-0.2, -0.15) is 0 Å². The maximum atomic E-state index is 13.1. The van der Waals surface area contributed by atoms with E-state index < -0.39 is 17.5 Å². The molecule has 1 radical (unpaired) electrons. The maximum absolute atomic E-state index is 13.1. The van der Waals surface area contributed by atoms with Gasteiger partial charge in [0.1, 0.15) is 11.5 Å². The molecule has 0 bridgehead atoms. The Labute approximate surface area is 461 Å². The first-order chi connectivity index (χ1) is 34.2. The summed E-state index contributed by atoms with van der Waals surface area (Å²) in [5.41, 5.74) is 12.0. The molecule has 0 spiro atoms. The first kappa shape index (κ1) is 54.6. The van der Waals surface area contributed by atoms with Crippen LogP contribution in [0.2, 0.25) is 0 Å². The minimum Gasteiger partial charge on any atom is -0.497 e. The van der Waals surface area contributed by atoms with Gasteiger partial charge in [-0.1, -0.05) is 73.2 Å². The number of carbonyl (C=O) groups is 2. The van der Waals surface area contributed by atoms with E-state index in [4.69, 9.17) is 32.1 Å². The number of esters is 2. The molecule has 0 amide bonds. The zero-order chi connectivity index (χ0) is 50.9. The smallest absolute Gasteiger partial charge is 0.342 e. The van der Waals surface area contributed by atoms with E-state index in [2.05, 4.69) is 50.4 Å². The van der Waals surface area contributed by atoms with Crippen molar-refractivity contribution in [3.63, 3.8) is 0 Å². The third-order valence-electron chi connectivity index (χ3n) is 13.6. The Balaban J connectivity index is 0.000000232. The summed E-state index contributed by atoms with van der Waals surface area (Å²) in [5, 5.41) is 19.0. The Hall–Kier alpha value is -7.72. The van der Waals surface area contributed by atoms with Gasteiger partial charge in [0.05, 0.1) is 61.9 Å². The standard InChI is InChI=1S/C30H25N3O3.C29H23N3O3.U.V/c1-18(2)27-28(29(36-30(27)34)25(17-31)32-5)19(3)24-16-26(21-10-8-7-9-11-21)33(20(24)4)22-12-14-23(35-6)15-13-22;1-17-22-15-24(19-9-7-6-8-10-19)32(20-11-13-21(34-5)14-12-20)29(22,3)18(2)26-25(17)27(35-28(26)33)23(16-30)31-4;;/h7-16H,1-4,6H3;6-15,18H,1-3,5H3;;/b28-19+,29-25+;27-23+;;. The molecule has 2 unspecified atom stereocenters. The van der Waals surface area contributed by atoms with E-state index in [0.29, 0.717) is 22.3 Å². The van der Waals surface area contributed by atoms with Crippen molar-refractivity contribution in [3.8, 4) is 40.6 Å². The Morgan fingerprint density at radius 2 is 1.23 bits per heavy atom. The van der Waals surface area contributed by atoms with E-state index in [-0.39, 0.29) is 78.5 Å². The van der Waals surface area contributed by atoms with Crippen molar-refractivity contribution in [2.75, 3.05) is 19.1 Å². The zero-order valence-electron chi connectivity index (χ0n) is 41.7. The van der Waals surface area contributed by atoms with Gasteiger partial charge < -0.3 is 28.4 Å². The molecule has 1 saturated heterocycles. The van der Waals surface area contributed by atoms with Crippen molar-refractivity contribution in [2.45, 2.75) is 54.0 Å². The SMILES string of the molecule is [C-]#[N+]/C(C#N)=C1/OC(=O)C(=C(C)C)/C1=C(/C)c1cc(-c2ccccc2)n(-c2ccc(OC)cc2)c1C.[C-]#[N+]/C(C#N)=C1/OC(=O)C2=C1C(C)=C1C=C(c3ccccc3)N(c3ccc(OC)cc3)C1(C)C2C.[U].[V]. The monoisotopic (exact) mass is 1230 g/mol. The van der Waals surface area contributed by atoms with Gasteiger partial charge in [0, 0.05) is 89.5 Å². The molecular weight excluding hydrogens is 1180 g/mol. The average Bonchev–Trinajstić information content (AvgIpc) is 4.13. The molecule has 1 fully saturated rings. The number of nitrogens with zero attached hydrogens (tertiary/aromatic N) is 6. The topological polar surface area (TPSA) is 136 Å². The summed E-state index contributed by atoms with van der Waals surface area (Å²) >= 11 is 0. The van der Waals surface area contributed by atoms with E-state index in [1.165, 1.54) is 0 Å². The number of hydrogen-bond donors (Lipinski definition) is 0. The third kappa shape index (κ3) is 9.47. The predicted octanol–water partition coefficient (Wildman–Crippen LogP) is 12.6. The number of fused-ring (bicyclic) bond motifs is 1. The van der Waals surface area contributed by atoms with Gasteiger partial charge in [0.25, 0.3) is 0 Å². The fraction of sp³-hybridized carbons (Fsp3) is 0.186. The second kappa shape index (κ2) is 22.4. The first-order valence-corrected chi connectivity index (χ1v) is 22.7. The summed E-state index contributed by atoms with van der Waals surface area (Å²) in [5.74, 6) is 0.271. The molecule has 4 heterocycles. The van der Waals surface area contributed by atoms with Gasteiger partial charge in [0.15, 0.2) is 11.5 Å². The van der Waals surface area contributed by atoms with Crippen LogP contribution in [0.15, 0.2) is 183 Å². The summed E-state index contributed by atoms with van der Waals surface area (Å²) in [6.07, 6.45) is 2.15. The van der Waals surface area contributed by atoms with Crippen molar-refractivity contribution >= 4 is 28.9 Å². The molecule has 0 N–H and O–H groups in total. The second-order valence-electron chi connectivity index (χ2n) is 17.5. The van der Waals surface area contributed by atoms with Gasteiger partial charge >= 0.3 is 23.3 Å². The van der Waals surface area contributed by atoms with Crippen LogP contribution >= 0.6 is 0 Å². The number of nitriles is 2. The zero-order valence-corrected chi connectivity index (χ0v) is 47.3. The minimum atomic E-state index is -0.609. The summed E-state index contributed by atoms with van der Waals surface area (Å²) in [7, 11) is 3.27. The van der Waals surface area contributed by atoms with E-state index in [1.807, 2.05) is 151 Å². The molecule has 1 aromatic heterocycles. The number of methoxy groups -OCH3 is 2. The maximum Gasteiger partial charge on any atom is 0.342 e. The molecule has 5 aromatic rings. The minimum absolute atomic E-state index is 0. The average molecular weight is 1230 g/mol. The van der Waals surface area contributed by atoms with Gasteiger partial charge in [-0.15, -0.1) is 0 Å². The molecule has 73 heavy (non-hydrogen) atoms. The van der Waals surface area contributed by atoms with Crippen LogP contribution < -0.4 is 14.4 Å². The molecule has 359 valence electrons. The number of benzene rings is 4. The Morgan fingerprint density at radius 1 is 0.726 bits per heavy atom. The largest absolute Gasteiger partial charge is 0.497 e. The Morgan fingerprint density at radius 3 is 1.74 bits per heavy atom. The van der Waals surface area contributed by atoms with Gasteiger partial charge in [-0.3, -0.25) is 0 Å². The first-order valence-electron chi connectivity index (χ1n) is 22.7. The number of anilines is 1.